The third-order valence-electron chi connectivity index (χ3n) is 5.05. The second kappa shape index (κ2) is 8.99. The number of carbonyl (C=O) groups excluding carboxylic acids is 2. The zero-order valence-electron chi connectivity index (χ0n) is 15.9. The number of nitrogens with one attached hydrogen (secondary N) is 3. The standard InChI is InChI=1S/C20H31N3O2/c1-14-9-10-16(3)18(11-14)22-20(25)13-23(4)12-19(24)21-17-8-6-5-7-15(17)2/h9-11,15,17H,5-8,12-13H2,1-4H3,(H,21,24)(H,22,25)/p+1/t15-,17-/m0/s1. The average Bonchev–Trinajstić information content (AvgIpc) is 2.52. The number of hydrogen-bond acceptors (Lipinski definition) is 2. The molecule has 0 saturated heterocycles. The molecule has 1 aromatic rings. The van der Waals surface area contributed by atoms with E-state index in [1.54, 1.807) is 0 Å². The predicted molar refractivity (Wildman–Crippen MR) is 101 cm³/mol. The molecule has 0 bridgehead atoms. The molecule has 1 unspecified atom stereocenters. The zero-order chi connectivity index (χ0) is 18.4. The molecule has 25 heavy (non-hydrogen) atoms. The molecular formula is C20H32N3O2+. The van der Waals surface area contributed by atoms with Crippen LogP contribution in [0.1, 0.15) is 43.7 Å². The third-order valence-corrected chi connectivity index (χ3v) is 5.05. The number of amides is 2. The van der Waals surface area contributed by atoms with Gasteiger partial charge < -0.3 is 15.5 Å². The van der Waals surface area contributed by atoms with Crippen LogP contribution < -0.4 is 15.5 Å². The summed E-state index contributed by atoms with van der Waals surface area (Å²) >= 11 is 0. The smallest absolute Gasteiger partial charge is 0.279 e. The van der Waals surface area contributed by atoms with Gasteiger partial charge in [0.15, 0.2) is 13.1 Å². The van der Waals surface area contributed by atoms with Gasteiger partial charge in [0.1, 0.15) is 0 Å². The van der Waals surface area contributed by atoms with Crippen LogP contribution in [0.2, 0.25) is 0 Å². The SMILES string of the molecule is Cc1ccc(C)c(NC(=O)C[NH+](C)CC(=O)N[C@H]2CCCC[C@@H]2C)c1. The van der Waals surface area contributed by atoms with E-state index in [0.29, 0.717) is 12.5 Å². The Labute approximate surface area is 151 Å². The Kier molecular flexibility index (Phi) is 7.00. The molecule has 0 aliphatic heterocycles. The Morgan fingerprint density at radius 3 is 2.52 bits per heavy atom. The van der Waals surface area contributed by atoms with Gasteiger partial charge in [-0.25, -0.2) is 0 Å². The molecule has 3 N–H and O–H groups in total. The first-order valence-electron chi connectivity index (χ1n) is 9.33. The highest BCUT2D eigenvalue weighted by Gasteiger charge is 2.24. The van der Waals surface area contributed by atoms with E-state index >= 15 is 0 Å². The summed E-state index contributed by atoms with van der Waals surface area (Å²) in [6.07, 6.45) is 4.71. The van der Waals surface area contributed by atoms with E-state index in [9.17, 15) is 9.59 Å². The number of likely N-dealkylation sites (N-methyl/N-ethyl adjacent to an activating group) is 1. The van der Waals surface area contributed by atoms with Crippen LogP contribution in [0.15, 0.2) is 18.2 Å². The second-order valence-corrected chi connectivity index (χ2v) is 7.61. The Bertz CT molecular complexity index is 615. The molecule has 1 aromatic carbocycles. The highest BCUT2D eigenvalue weighted by molar-refractivity contribution is 5.92. The first-order chi connectivity index (χ1) is 11.8. The molecule has 3 atom stereocenters. The Morgan fingerprint density at radius 2 is 1.80 bits per heavy atom. The summed E-state index contributed by atoms with van der Waals surface area (Å²) in [4.78, 5) is 25.4. The van der Waals surface area contributed by atoms with Crippen molar-refractivity contribution in [1.29, 1.82) is 0 Å². The molecule has 1 aliphatic rings. The number of benzene rings is 1. The van der Waals surface area contributed by atoms with Crippen molar-refractivity contribution in [2.45, 2.75) is 52.5 Å². The van der Waals surface area contributed by atoms with E-state index in [2.05, 4.69) is 17.6 Å². The summed E-state index contributed by atoms with van der Waals surface area (Å²) in [6.45, 7) is 6.79. The molecule has 138 valence electrons. The molecule has 2 rings (SSSR count). The summed E-state index contributed by atoms with van der Waals surface area (Å²) in [5.41, 5.74) is 3.00. The van der Waals surface area contributed by atoms with Gasteiger partial charge in [-0.1, -0.05) is 31.9 Å². The van der Waals surface area contributed by atoms with Crippen LogP contribution in [-0.2, 0) is 9.59 Å². The first kappa shape index (κ1) is 19.4. The van der Waals surface area contributed by atoms with Crippen LogP contribution in [0.5, 0.6) is 0 Å². The van der Waals surface area contributed by atoms with Crippen molar-refractivity contribution in [2.75, 3.05) is 25.5 Å². The van der Waals surface area contributed by atoms with Crippen LogP contribution in [0.4, 0.5) is 5.69 Å². The molecule has 5 nitrogen and oxygen atoms in total. The average molecular weight is 346 g/mol. The van der Waals surface area contributed by atoms with E-state index < -0.39 is 0 Å². The summed E-state index contributed by atoms with van der Waals surface area (Å²) in [7, 11) is 1.88. The number of anilines is 1. The van der Waals surface area contributed by atoms with E-state index in [1.165, 1.54) is 19.3 Å². The molecule has 1 aliphatic carbocycles. The summed E-state index contributed by atoms with van der Waals surface area (Å²) in [6, 6.07) is 6.29. The fraction of sp³-hybridized carbons (Fsp3) is 0.600. The van der Waals surface area contributed by atoms with Crippen LogP contribution in [-0.4, -0.2) is 38.0 Å². The fourth-order valence-corrected chi connectivity index (χ4v) is 3.46. The van der Waals surface area contributed by atoms with Gasteiger partial charge in [0.05, 0.1) is 7.05 Å². The van der Waals surface area contributed by atoms with Crippen molar-refractivity contribution in [1.82, 2.24) is 5.32 Å². The van der Waals surface area contributed by atoms with Crippen molar-refractivity contribution in [3.05, 3.63) is 29.3 Å². The molecule has 1 fully saturated rings. The van der Waals surface area contributed by atoms with Crippen molar-refractivity contribution in [3.63, 3.8) is 0 Å². The van der Waals surface area contributed by atoms with Gasteiger partial charge in [-0.2, -0.15) is 0 Å². The monoisotopic (exact) mass is 346 g/mol. The third kappa shape index (κ3) is 6.16. The maximum absolute atomic E-state index is 12.2. The second-order valence-electron chi connectivity index (χ2n) is 7.61. The van der Waals surface area contributed by atoms with E-state index in [4.69, 9.17) is 0 Å². The van der Waals surface area contributed by atoms with Gasteiger partial charge in [-0.05, 0) is 49.8 Å². The van der Waals surface area contributed by atoms with E-state index in [0.717, 1.165) is 28.1 Å². The van der Waals surface area contributed by atoms with Gasteiger partial charge >= 0.3 is 0 Å². The quantitative estimate of drug-likeness (QED) is 0.730. The predicted octanol–water partition coefficient (Wildman–Crippen LogP) is 1.45. The molecular weight excluding hydrogens is 314 g/mol. The minimum absolute atomic E-state index is 0.0378. The van der Waals surface area contributed by atoms with Crippen LogP contribution in [0.3, 0.4) is 0 Å². The lowest BCUT2D eigenvalue weighted by molar-refractivity contribution is -0.862. The first-order valence-corrected chi connectivity index (χ1v) is 9.33. The number of carbonyl (C=O) groups is 2. The lowest BCUT2D eigenvalue weighted by Crippen LogP contribution is -3.11. The van der Waals surface area contributed by atoms with Crippen molar-refractivity contribution in [2.24, 2.45) is 5.92 Å². The highest BCUT2D eigenvalue weighted by atomic mass is 16.2. The highest BCUT2D eigenvalue weighted by Crippen LogP contribution is 2.23. The van der Waals surface area contributed by atoms with Gasteiger partial charge in [-0.3, -0.25) is 9.59 Å². The van der Waals surface area contributed by atoms with Crippen molar-refractivity contribution >= 4 is 17.5 Å². The fourth-order valence-electron chi connectivity index (χ4n) is 3.46. The lowest BCUT2D eigenvalue weighted by atomic mass is 9.86. The largest absolute Gasteiger partial charge is 0.348 e. The van der Waals surface area contributed by atoms with Crippen LogP contribution in [0.25, 0.3) is 0 Å². The minimum Gasteiger partial charge on any atom is -0.348 e. The van der Waals surface area contributed by atoms with Crippen molar-refractivity contribution in [3.8, 4) is 0 Å². The maximum atomic E-state index is 12.2. The van der Waals surface area contributed by atoms with E-state index in [-0.39, 0.29) is 24.4 Å². The summed E-state index contributed by atoms with van der Waals surface area (Å²) < 4.78 is 0. The topological polar surface area (TPSA) is 62.6 Å². The Hall–Kier alpha value is -1.88. The van der Waals surface area contributed by atoms with Crippen LogP contribution >= 0.6 is 0 Å². The molecule has 0 aromatic heterocycles. The van der Waals surface area contributed by atoms with Crippen molar-refractivity contribution < 1.29 is 14.5 Å². The number of quaternary nitrogens is 1. The molecule has 0 spiro atoms. The molecule has 0 heterocycles. The molecule has 1 saturated carbocycles. The van der Waals surface area contributed by atoms with Gasteiger partial charge in [0.25, 0.3) is 11.8 Å². The maximum Gasteiger partial charge on any atom is 0.279 e. The lowest BCUT2D eigenvalue weighted by Gasteiger charge is -2.29. The molecule has 5 heteroatoms. The van der Waals surface area contributed by atoms with E-state index in [1.807, 2.05) is 39.1 Å². The number of hydrogen-bond donors (Lipinski definition) is 3. The van der Waals surface area contributed by atoms with Gasteiger partial charge in [0, 0.05) is 11.7 Å². The normalized spacial score (nSPS) is 21.4. The van der Waals surface area contributed by atoms with Gasteiger partial charge in [-0.15, -0.1) is 0 Å². The summed E-state index contributed by atoms with van der Waals surface area (Å²) in [5.74, 6) is 0.520. The number of rotatable bonds is 6. The zero-order valence-corrected chi connectivity index (χ0v) is 15.9. The Morgan fingerprint density at radius 1 is 1.12 bits per heavy atom. The molecule has 2 amide bonds. The molecule has 0 radical (unpaired) electrons. The number of aryl methyl sites for hydroxylation is 2. The minimum atomic E-state index is -0.0648. The van der Waals surface area contributed by atoms with Gasteiger partial charge in [0.2, 0.25) is 0 Å². The summed E-state index contributed by atoms with van der Waals surface area (Å²) in [5, 5.41) is 6.10. The van der Waals surface area contributed by atoms with Crippen LogP contribution in [0, 0.1) is 19.8 Å². The Balaban J connectivity index is 1.78.